The maximum absolute atomic E-state index is 13.4. The molecule has 1 aromatic heterocycles. The molecule has 4 nitrogen and oxygen atoms in total. The quantitative estimate of drug-likeness (QED) is 0.489. The van der Waals surface area contributed by atoms with Crippen molar-refractivity contribution in [2.75, 3.05) is 0 Å². The molecule has 0 saturated heterocycles. The van der Waals surface area contributed by atoms with E-state index in [9.17, 15) is 8.42 Å². The smallest absolute Gasteiger partial charge is 0.239 e. The van der Waals surface area contributed by atoms with Gasteiger partial charge in [-0.3, -0.25) is 0 Å². The SMILES string of the molecule is Cc1ccc(S(=O)(=O)c2cc3ccccc3oc2=Nc2ccccc2C)cc1. The Kier molecular flexibility index (Phi) is 4.61. The van der Waals surface area contributed by atoms with Gasteiger partial charge in [0.15, 0.2) is 0 Å². The molecule has 0 aliphatic carbocycles. The minimum absolute atomic E-state index is 0.0540. The number of hydrogen-bond donors (Lipinski definition) is 0. The van der Waals surface area contributed by atoms with Crippen LogP contribution in [0.25, 0.3) is 11.0 Å². The van der Waals surface area contributed by atoms with E-state index in [4.69, 9.17) is 4.42 Å². The van der Waals surface area contributed by atoms with Crippen LogP contribution in [0.15, 0.2) is 98.1 Å². The summed E-state index contributed by atoms with van der Waals surface area (Å²) >= 11 is 0. The van der Waals surface area contributed by atoms with E-state index in [2.05, 4.69) is 4.99 Å². The Morgan fingerprint density at radius 2 is 1.50 bits per heavy atom. The molecule has 0 aliphatic heterocycles. The van der Waals surface area contributed by atoms with E-state index in [1.807, 2.05) is 56.3 Å². The number of nitrogens with zero attached hydrogens (tertiary/aromatic N) is 1. The van der Waals surface area contributed by atoms with Gasteiger partial charge in [-0.25, -0.2) is 13.4 Å². The van der Waals surface area contributed by atoms with E-state index in [0.29, 0.717) is 16.7 Å². The molecule has 4 rings (SSSR count). The molecule has 5 heteroatoms. The van der Waals surface area contributed by atoms with Gasteiger partial charge < -0.3 is 4.42 Å². The standard InChI is InChI=1S/C23H19NO3S/c1-16-11-13-19(14-12-16)28(25,26)22-15-18-8-4-6-10-21(18)27-23(22)24-20-9-5-3-7-17(20)2/h3-15H,1-2H3. The van der Waals surface area contributed by atoms with Crippen molar-refractivity contribution < 1.29 is 12.8 Å². The van der Waals surface area contributed by atoms with Crippen molar-refractivity contribution in [3.8, 4) is 0 Å². The predicted molar refractivity (Wildman–Crippen MR) is 109 cm³/mol. The van der Waals surface area contributed by atoms with Crippen LogP contribution in [0.5, 0.6) is 0 Å². The lowest BCUT2D eigenvalue weighted by atomic mass is 10.2. The van der Waals surface area contributed by atoms with Gasteiger partial charge in [0.1, 0.15) is 10.5 Å². The summed E-state index contributed by atoms with van der Waals surface area (Å²) in [6, 6.07) is 23.3. The van der Waals surface area contributed by atoms with E-state index in [-0.39, 0.29) is 15.3 Å². The molecule has 4 aromatic rings. The Morgan fingerprint density at radius 1 is 0.821 bits per heavy atom. The van der Waals surface area contributed by atoms with Crippen molar-refractivity contribution in [3.05, 3.63) is 95.5 Å². The van der Waals surface area contributed by atoms with Crippen LogP contribution in [0.2, 0.25) is 0 Å². The highest BCUT2D eigenvalue weighted by atomic mass is 32.2. The fourth-order valence-electron chi connectivity index (χ4n) is 2.96. The van der Waals surface area contributed by atoms with Gasteiger partial charge in [-0.2, -0.15) is 0 Å². The normalized spacial score (nSPS) is 12.4. The zero-order valence-corrected chi connectivity index (χ0v) is 16.4. The monoisotopic (exact) mass is 389 g/mol. The summed E-state index contributed by atoms with van der Waals surface area (Å²) in [6.07, 6.45) is 0. The molecular formula is C23H19NO3S. The highest BCUT2D eigenvalue weighted by Gasteiger charge is 2.22. The number of aryl methyl sites for hydroxylation is 2. The Morgan fingerprint density at radius 3 is 2.25 bits per heavy atom. The number of para-hydroxylation sites is 2. The zero-order valence-electron chi connectivity index (χ0n) is 15.6. The number of hydrogen-bond acceptors (Lipinski definition) is 4. The van der Waals surface area contributed by atoms with Crippen molar-refractivity contribution in [3.63, 3.8) is 0 Å². The molecule has 0 fully saturated rings. The van der Waals surface area contributed by atoms with E-state index >= 15 is 0 Å². The van der Waals surface area contributed by atoms with Gasteiger partial charge in [0.05, 0.1) is 10.6 Å². The third-order valence-corrected chi connectivity index (χ3v) is 6.35. The van der Waals surface area contributed by atoms with Crippen molar-refractivity contribution >= 4 is 26.5 Å². The van der Waals surface area contributed by atoms with Gasteiger partial charge in [-0.1, -0.05) is 54.1 Å². The number of sulfone groups is 1. The van der Waals surface area contributed by atoms with Crippen LogP contribution in [0.1, 0.15) is 11.1 Å². The molecular weight excluding hydrogens is 370 g/mol. The second-order valence-corrected chi connectivity index (χ2v) is 8.59. The molecule has 0 aliphatic rings. The van der Waals surface area contributed by atoms with Crippen LogP contribution >= 0.6 is 0 Å². The molecule has 3 aromatic carbocycles. The van der Waals surface area contributed by atoms with E-state index in [1.54, 1.807) is 36.4 Å². The molecule has 28 heavy (non-hydrogen) atoms. The molecule has 140 valence electrons. The number of benzene rings is 3. The van der Waals surface area contributed by atoms with Gasteiger partial charge >= 0.3 is 0 Å². The molecule has 1 heterocycles. The Balaban J connectivity index is 2.04. The summed E-state index contributed by atoms with van der Waals surface area (Å²) in [5.74, 6) is 0. The van der Waals surface area contributed by atoms with E-state index in [0.717, 1.165) is 11.1 Å². The van der Waals surface area contributed by atoms with Crippen LogP contribution in [0.3, 0.4) is 0 Å². The molecule has 0 amide bonds. The minimum Gasteiger partial charge on any atom is -0.437 e. The molecule has 0 N–H and O–H groups in total. The Hall–Kier alpha value is -3.18. The zero-order chi connectivity index (χ0) is 19.7. The summed E-state index contributed by atoms with van der Waals surface area (Å²) < 4.78 is 32.7. The fourth-order valence-corrected chi connectivity index (χ4v) is 4.31. The molecule has 0 unspecified atom stereocenters. The molecule has 0 bridgehead atoms. The summed E-state index contributed by atoms with van der Waals surface area (Å²) in [5, 5.41) is 0.705. The fraction of sp³-hybridized carbons (Fsp3) is 0.0870. The van der Waals surface area contributed by atoms with Gasteiger partial charge in [0, 0.05) is 5.39 Å². The maximum Gasteiger partial charge on any atom is 0.239 e. The average molecular weight is 389 g/mol. The number of rotatable bonds is 3. The van der Waals surface area contributed by atoms with E-state index in [1.165, 1.54) is 0 Å². The van der Waals surface area contributed by atoms with E-state index < -0.39 is 9.84 Å². The molecule has 0 spiro atoms. The van der Waals surface area contributed by atoms with Gasteiger partial charge in [-0.15, -0.1) is 0 Å². The van der Waals surface area contributed by atoms with Crippen molar-refractivity contribution in [2.24, 2.45) is 4.99 Å². The minimum atomic E-state index is -3.80. The Labute approximate surface area is 163 Å². The second-order valence-electron chi connectivity index (χ2n) is 6.67. The highest BCUT2D eigenvalue weighted by Crippen LogP contribution is 2.24. The lowest BCUT2D eigenvalue weighted by molar-refractivity contribution is 0.517. The molecule has 0 radical (unpaired) electrons. The van der Waals surface area contributed by atoms with Crippen LogP contribution in [0.4, 0.5) is 5.69 Å². The third kappa shape index (κ3) is 3.37. The van der Waals surface area contributed by atoms with Crippen molar-refractivity contribution in [2.45, 2.75) is 23.6 Å². The van der Waals surface area contributed by atoms with Gasteiger partial charge in [0.25, 0.3) is 0 Å². The first kappa shape index (κ1) is 18.2. The summed E-state index contributed by atoms with van der Waals surface area (Å²) in [7, 11) is -3.80. The van der Waals surface area contributed by atoms with Crippen molar-refractivity contribution in [1.82, 2.24) is 0 Å². The predicted octanol–water partition coefficient (Wildman–Crippen LogP) is 5.11. The van der Waals surface area contributed by atoms with Crippen molar-refractivity contribution in [1.29, 1.82) is 0 Å². The largest absolute Gasteiger partial charge is 0.437 e. The van der Waals surface area contributed by atoms with Gasteiger partial charge in [-0.05, 0) is 49.7 Å². The summed E-state index contributed by atoms with van der Waals surface area (Å²) in [4.78, 5) is 4.82. The number of fused-ring (bicyclic) bond motifs is 1. The van der Waals surface area contributed by atoms with Crippen LogP contribution in [0, 0.1) is 13.8 Å². The summed E-state index contributed by atoms with van der Waals surface area (Å²) in [6.45, 7) is 3.84. The molecule has 0 saturated carbocycles. The van der Waals surface area contributed by atoms with Gasteiger partial charge in [0.2, 0.25) is 15.4 Å². The first-order chi connectivity index (χ1) is 13.4. The lowest BCUT2D eigenvalue weighted by Crippen LogP contribution is -2.16. The topological polar surface area (TPSA) is 59.6 Å². The third-order valence-electron chi connectivity index (χ3n) is 4.58. The summed E-state index contributed by atoms with van der Waals surface area (Å²) in [5.41, 5.74) is 3.25. The maximum atomic E-state index is 13.4. The average Bonchev–Trinajstić information content (AvgIpc) is 2.69. The van der Waals surface area contributed by atoms with Crippen LogP contribution in [-0.4, -0.2) is 8.42 Å². The first-order valence-electron chi connectivity index (χ1n) is 8.90. The van der Waals surface area contributed by atoms with Crippen LogP contribution < -0.4 is 5.55 Å². The highest BCUT2D eigenvalue weighted by molar-refractivity contribution is 7.91. The van der Waals surface area contributed by atoms with Crippen LogP contribution in [-0.2, 0) is 9.84 Å². The second kappa shape index (κ2) is 7.09. The Bertz CT molecular complexity index is 1330. The molecule has 0 atom stereocenters. The lowest BCUT2D eigenvalue weighted by Gasteiger charge is -2.08. The first-order valence-corrected chi connectivity index (χ1v) is 10.4.